The van der Waals surface area contributed by atoms with Gasteiger partial charge in [-0.05, 0) is 6.07 Å². The van der Waals surface area contributed by atoms with E-state index in [9.17, 15) is 4.79 Å². The van der Waals surface area contributed by atoms with Crippen LogP contribution in [0, 0.1) is 0 Å². The first kappa shape index (κ1) is 7.62. The molecule has 0 bridgehead atoms. The number of carbonyl (C=O) groups is 1. The van der Waals surface area contributed by atoms with Crippen molar-refractivity contribution in [2.24, 2.45) is 0 Å². The van der Waals surface area contributed by atoms with Crippen molar-refractivity contribution in [2.75, 3.05) is 0 Å². The van der Waals surface area contributed by atoms with Gasteiger partial charge in [0, 0.05) is 6.20 Å². The van der Waals surface area contributed by atoms with Gasteiger partial charge in [0.2, 0.25) is 0 Å². The zero-order valence-corrected chi connectivity index (χ0v) is 5.60. The van der Waals surface area contributed by atoms with Crippen LogP contribution in [-0.4, -0.2) is 21.2 Å². The highest BCUT2D eigenvalue weighted by atomic mass is 17.1. The van der Waals surface area contributed by atoms with Gasteiger partial charge in [-0.1, -0.05) is 0 Å². The molecule has 5 heteroatoms. The number of nitrogens with zero attached hydrogens (tertiary/aromatic N) is 2. The fraction of sp³-hybridized carbons (Fsp3) is 0.167. The second-order valence-electron chi connectivity index (χ2n) is 1.84. The van der Waals surface area contributed by atoms with Crippen LogP contribution < -0.4 is 0 Å². The molecule has 1 aromatic rings. The van der Waals surface area contributed by atoms with Gasteiger partial charge in [0.15, 0.2) is 0 Å². The third kappa shape index (κ3) is 2.30. The average molecular weight is 154 g/mol. The summed E-state index contributed by atoms with van der Waals surface area (Å²) in [6.07, 6.45) is 2.78. The minimum absolute atomic E-state index is 0.0426. The Labute approximate surface area is 62.6 Å². The molecule has 1 rings (SSSR count). The first-order valence-corrected chi connectivity index (χ1v) is 2.92. The van der Waals surface area contributed by atoms with Crippen molar-refractivity contribution in [3.8, 4) is 0 Å². The Kier molecular flexibility index (Phi) is 2.51. The molecule has 11 heavy (non-hydrogen) atoms. The second kappa shape index (κ2) is 3.62. The van der Waals surface area contributed by atoms with Gasteiger partial charge in [0.05, 0.1) is 12.1 Å². The zero-order chi connectivity index (χ0) is 8.10. The molecule has 1 heterocycles. The summed E-state index contributed by atoms with van der Waals surface area (Å²) in [5.74, 6) is -0.733. The maximum absolute atomic E-state index is 10.4. The van der Waals surface area contributed by atoms with E-state index in [-0.39, 0.29) is 6.42 Å². The molecule has 1 N–H and O–H groups in total. The van der Waals surface area contributed by atoms with Gasteiger partial charge >= 0.3 is 5.97 Å². The van der Waals surface area contributed by atoms with E-state index in [2.05, 4.69) is 14.9 Å². The SMILES string of the molecule is O=C(Cc1ccncn1)OO. The van der Waals surface area contributed by atoms with Crippen LogP contribution in [0.3, 0.4) is 0 Å². The minimum Gasteiger partial charge on any atom is -0.301 e. The van der Waals surface area contributed by atoms with Gasteiger partial charge in [-0.2, -0.15) is 5.26 Å². The standard InChI is InChI=1S/C6H6N2O3/c9-6(11-10)3-5-1-2-7-4-8-5/h1-2,4,10H,3H2. The molecule has 5 nitrogen and oxygen atoms in total. The van der Waals surface area contributed by atoms with Crippen LogP contribution in [0.2, 0.25) is 0 Å². The van der Waals surface area contributed by atoms with Gasteiger partial charge in [-0.3, -0.25) is 0 Å². The van der Waals surface area contributed by atoms with Crippen molar-refractivity contribution in [3.05, 3.63) is 24.3 Å². The van der Waals surface area contributed by atoms with Crippen molar-refractivity contribution >= 4 is 5.97 Å². The molecule has 0 aliphatic heterocycles. The van der Waals surface area contributed by atoms with Crippen LogP contribution in [0.15, 0.2) is 18.6 Å². The molecule has 0 saturated carbocycles. The Morgan fingerprint density at radius 2 is 2.55 bits per heavy atom. The monoisotopic (exact) mass is 154 g/mol. The highest BCUT2D eigenvalue weighted by Crippen LogP contribution is 1.93. The highest BCUT2D eigenvalue weighted by molar-refractivity contribution is 5.71. The topological polar surface area (TPSA) is 72.3 Å². The van der Waals surface area contributed by atoms with Gasteiger partial charge < -0.3 is 4.89 Å². The van der Waals surface area contributed by atoms with Crippen molar-refractivity contribution in [3.63, 3.8) is 0 Å². The lowest BCUT2D eigenvalue weighted by atomic mass is 10.3. The summed E-state index contributed by atoms with van der Waals surface area (Å²) in [6.45, 7) is 0. The fourth-order valence-electron chi connectivity index (χ4n) is 0.603. The summed E-state index contributed by atoms with van der Waals surface area (Å²) in [5, 5.41) is 7.90. The first-order valence-electron chi connectivity index (χ1n) is 2.92. The minimum atomic E-state index is -0.733. The Morgan fingerprint density at radius 1 is 1.73 bits per heavy atom. The van der Waals surface area contributed by atoms with Gasteiger partial charge in [0.25, 0.3) is 0 Å². The smallest absolute Gasteiger partial charge is 0.301 e. The molecular formula is C6H6N2O3. The van der Waals surface area contributed by atoms with Gasteiger partial charge in [-0.25, -0.2) is 14.8 Å². The molecule has 1 aromatic heterocycles. The first-order chi connectivity index (χ1) is 5.33. The molecule has 0 saturated heterocycles. The van der Waals surface area contributed by atoms with E-state index in [1.807, 2.05) is 0 Å². The summed E-state index contributed by atoms with van der Waals surface area (Å²) in [6, 6.07) is 1.57. The van der Waals surface area contributed by atoms with E-state index in [1.165, 1.54) is 12.5 Å². The van der Waals surface area contributed by atoms with Crippen molar-refractivity contribution in [1.82, 2.24) is 9.97 Å². The summed E-state index contributed by atoms with van der Waals surface area (Å²) >= 11 is 0. The molecule has 0 amide bonds. The predicted octanol–water partition coefficient (Wildman–Crippen LogP) is 0.0353. The predicted molar refractivity (Wildman–Crippen MR) is 34.5 cm³/mol. The molecule has 58 valence electrons. The Hall–Kier alpha value is -1.49. The normalized spacial score (nSPS) is 9.18. The Morgan fingerprint density at radius 3 is 3.09 bits per heavy atom. The molecule has 0 atom stereocenters. The quantitative estimate of drug-likeness (QED) is 0.480. The van der Waals surface area contributed by atoms with Crippen molar-refractivity contribution in [2.45, 2.75) is 6.42 Å². The highest BCUT2D eigenvalue weighted by Gasteiger charge is 2.03. The summed E-state index contributed by atoms with van der Waals surface area (Å²) in [7, 11) is 0. The number of rotatable bonds is 2. The average Bonchev–Trinajstić information content (AvgIpc) is 2.06. The van der Waals surface area contributed by atoms with Crippen LogP contribution in [0.1, 0.15) is 5.69 Å². The lowest BCUT2D eigenvalue weighted by molar-refractivity contribution is -0.233. The zero-order valence-electron chi connectivity index (χ0n) is 5.60. The summed E-state index contributed by atoms with van der Waals surface area (Å²) in [5.41, 5.74) is 0.513. The van der Waals surface area contributed by atoms with Crippen LogP contribution >= 0.6 is 0 Å². The Balaban J connectivity index is 2.58. The van der Waals surface area contributed by atoms with Crippen LogP contribution in [-0.2, 0) is 16.1 Å². The molecule has 0 radical (unpaired) electrons. The lowest BCUT2D eigenvalue weighted by Crippen LogP contribution is -2.06. The maximum Gasteiger partial charge on any atom is 0.348 e. The molecular weight excluding hydrogens is 148 g/mol. The van der Waals surface area contributed by atoms with Crippen LogP contribution in [0.25, 0.3) is 0 Å². The van der Waals surface area contributed by atoms with Crippen molar-refractivity contribution < 1.29 is 14.9 Å². The fourth-order valence-corrected chi connectivity index (χ4v) is 0.603. The maximum atomic E-state index is 10.4. The van der Waals surface area contributed by atoms with Crippen LogP contribution in [0.4, 0.5) is 0 Å². The third-order valence-electron chi connectivity index (χ3n) is 1.07. The van der Waals surface area contributed by atoms with E-state index in [1.54, 1.807) is 6.07 Å². The summed E-state index contributed by atoms with van der Waals surface area (Å²) < 4.78 is 0. The van der Waals surface area contributed by atoms with Gasteiger partial charge in [-0.15, -0.1) is 0 Å². The Bertz CT molecular complexity index is 237. The molecule has 0 aromatic carbocycles. The van der Waals surface area contributed by atoms with E-state index in [4.69, 9.17) is 5.26 Å². The molecule has 0 aliphatic carbocycles. The second-order valence-corrected chi connectivity index (χ2v) is 1.84. The molecule has 0 unspecified atom stereocenters. The van der Waals surface area contributed by atoms with Gasteiger partial charge in [0.1, 0.15) is 6.33 Å². The molecule has 0 aliphatic rings. The number of hydrogen-bond acceptors (Lipinski definition) is 5. The number of hydrogen-bond donors (Lipinski definition) is 1. The molecule has 0 fully saturated rings. The van der Waals surface area contributed by atoms with Crippen LogP contribution in [0.5, 0.6) is 0 Å². The van der Waals surface area contributed by atoms with E-state index in [0.29, 0.717) is 5.69 Å². The molecule has 0 spiro atoms. The number of carbonyl (C=O) groups excluding carboxylic acids is 1. The third-order valence-corrected chi connectivity index (χ3v) is 1.07. The van der Waals surface area contributed by atoms with E-state index >= 15 is 0 Å². The lowest BCUT2D eigenvalue weighted by Gasteiger charge is -1.94. The van der Waals surface area contributed by atoms with E-state index < -0.39 is 5.97 Å². The van der Waals surface area contributed by atoms with E-state index in [0.717, 1.165) is 0 Å². The van der Waals surface area contributed by atoms with Crippen molar-refractivity contribution in [1.29, 1.82) is 0 Å². The number of aromatic nitrogens is 2. The largest absolute Gasteiger partial charge is 0.348 e. The summed E-state index contributed by atoms with van der Waals surface area (Å²) in [4.78, 5) is 21.3.